The maximum Gasteiger partial charge on any atom is 0.274 e. The SMILES string of the molecule is Cc1cc2cc(NC(=O)c3ccc(OCCO)cn3)cc([C@]3(C)CCSC(N)=N3)c2o1. The number of aromatic nitrogens is 1. The molecular weight excluding hydrogens is 416 g/mol. The van der Waals surface area contributed by atoms with Gasteiger partial charge in [0, 0.05) is 22.4 Å². The number of benzene rings is 1. The predicted molar refractivity (Wildman–Crippen MR) is 122 cm³/mol. The van der Waals surface area contributed by atoms with Crippen LogP contribution in [0.25, 0.3) is 11.0 Å². The Morgan fingerprint density at radius 1 is 1.39 bits per heavy atom. The Balaban J connectivity index is 1.65. The van der Waals surface area contributed by atoms with E-state index in [0.717, 1.165) is 34.5 Å². The second-order valence-corrected chi connectivity index (χ2v) is 8.64. The van der Waals surface area contributed by atoms with Crippen molar-refractivity contribution in [3.8, 4) is 5.75 Å². The van der Waals surface area contributed by atoms with Gasteiger partial charge in [0.05, 0.1) is 18.3 Å². The standard InChI is InChI=1S/C22H24N4O4S/c1-13-9-14-10-15(25-20(28)18-4-3-16(12-24-18)29-7-6-27)11-17(19(14)30-13)22(2)5-8-31-21(23)26-22/h3-4,9-12,27H,5-8H2,1-2H3,(H2,23,26)(H,25,28)/t22-/m0/s1. The summed E-state index contributed by atoms with van der Waals surface area (Å²) < 4.78 is 11.3. The van der Waals surface area contributed by atoms with Gasteiger partial charge in [0.1, 0.15) is 29.4 Å². The number of ether oxygens (including phenoxy) is 1. The first-order chi connectivity index (χ1) is 14.9. The molecule has 0 fully saturated rings. The van der Waals surface area contributed by atoms with E-state index in [0.29, 0.717) is 16.6 Å². The summed E-state index contributed by atoms with van der Waals surface area (Å²) in [7, 11) is 0. The third kappa shape index (κ3) is 4.52. The van der Waals surface area contributed by atoms with E-state index in [1.54, 1.807) is 12.1 Å². The molecule has 4 rings (SSSR count). The number of rotatable bonds is 6. The van der Waals surface area contributed by atoms with E-state index in [1.165, 1.54) is 18.0 Å². The smallest absolute Gasteiger partial charge is 0.274 e. The van der Waals surface area contributed by atoms with E-state index in [1.807, 2.05) is 32.0 Å². The Kier molecular flexibility index (Phi) is 5.88. The summed E-state index contributed by atoms with van der Waals surface area (Å²) in [6.45, 7) is 4.01. The number of aliphatic imine (C=N–C) groups is 1. The highest BCUT2D eigenvalue weighted by Gasteiger charge is 2.33. The molecule has 0 saturated carbocycles. The van der Waals surface area contributed by atoms with Crippen LogP contribution in [0.5, 0.6) is 5.75 Å². The molecule has 9 heteroatoms. The van der Waals surface area contributed by atoms with E-state index in [-0.39, 0.29) is 24.8 Å². The molecule has 8 nitrogen and oxygen atoms in total. The van der Waals surface area contributed by atoms with Crippen molar-refractivity contribution >= 4 is 39.5 Å². The van der Waals surface area contributed by atoms with Crippen LogP contribution in [-0.4, -0.2) is 40.1 Å². The number of amides is 1. The number of aliphatic hydroxyl groups is 1. The number of carbonyl (C=O) groups excluding carboxylic acids is 1. The molecule has 162 valence electrons. The number of aryl methyl sites for hydroxylation is 1. The van der Waals surface area contributed by atoms with Gasteiger partial charge in [0.2, 0.25) is 0 Å². The van der Waals surface area contributed by atoms with Crippen LogP contribution in [0.1, 0.15) is 35.2 Å². The number of pyridine rings is 1. The van der Waals surface area contributed by atoms with Gasteiger partial charge < -0.3 is 25.3 Å². The zero-order valence-electron chi connectivity index (χ0n) is 17.3. The number of hydrogen-bond donors (Lipinski definition) is 3. The van der Waals surface area contributed by atoms with Crippen LogP contribution in [-0.2, 0) is 5.54 Å². The maximum absolute atomic E-state index is 12.8. The molecule has 2 aromatic heterocycles. The number of aliphatic hydroxyl groups excluding tert-OH is 1. The van der Waals surface area contributed by atoms with Crippen molar-refractivity contribution in [1.82, 2.24) is 4.98 Å². The van der Waals surface area contributed by atoms with Crippen molar-refractivity contribution in [3.05, 3.63) is 53.5 Å². The monoisotopic (exact) mass is 440 g/mol. The fourth-order valence-electron chi connectivity index (χ4n) is 3.59. The second kappa shape index (κ2) is 8.60. The Hall–Kier alpha value is -3.04. The number of carbonyl (C=O) groups is 1. The van der Waals surface area contributed by atoms with Gasteiger partial charge >= 0.3 is 0 Å². The molecule has 0 aliphatic carbocycles. The summed E-state index contributed by atoms with van der Waals surface area (Å²) >= 11 is 1.54. The predicted octanol–water partition coefficient (Wildman–Crippen LogP) is 3.43. The van der Waals surface area contributed by atoms with Crippen LogP contribution in [0, 0.1) is 6.92 Å². The molecule has 4 N–H and O–H groups in total. The lowest BCUT2D eigenvalue weighted by molar-refractivity contribution is 0.102. The van der Waals surface area contributed by atoms with Gasteiger partial charge in [-0.2, -0.15) is 0 Å². The van der Waals surface area contributed by atoms with Gasteiger partial charge in [-0.15, -0.1) is 0 Å². The lowest BCUT2D eigenvalue weighted by Gasteiger charge is -2.30. The number of furan rings is 1. The highest BCUT2D eigenvalue weighted by atomic mass is 32.2. The molecule has 1 atom stereocenters. The number of fused-ring (bicyclic) bond motifs is 1. The quantitative estimate of drug-likeness (QED) is 0.537. The zero-order valence-corrected chi connectivity index (χ0v) is 18.2. The van der Waals surface area contributed by atoms with Gasteiger partial charge in [-0.3, -0.25) is 9.79 Å². The van der Waals surface area contributed by atoms with E-state index in [2.05, 4.69) is 10.3 Å². The summed E-state index contributed by atoms with van der Waals surface area (Å²) in [5, 5.41) is 13.2. The van der Waals surface area contributed by atoms with Crippen molar-refractivity contribution in [2.24, 2.45) is 10.7 Å². The lowest BCUT2D eigenvalue weighted by Crippen LogP contribution is -2.29. The minimum atomic E-state index is -0.539. The molecule has 31 heavy (non-hydrogen) atoms. The van der Waals surface area contributed by atoms with Crippen LogP contribution in [0.3, 0.4) is 0 Å². The van der Waals surface area contributed by atoms with Crippen molar-refractivity contribution in [3.63, 3.8) is 0 Å². The van der Waals surface area contributed by atoms with Gasteiger partial charge in [0.15, 0.2) is 5.17 Å². The minimum absolute atomic E-state index is 0.0894. The lowest BCUT2D eigenvalue weighted by atomic mass is 9.88. The van der Waals surface area contributed by atoms with E-state index >= 15 is 0 Å². The summed E-state index contributed by atoms with van der Waals surface area (Å²) in [5.74, 6) is 1.79. The van der Waals surface area contributed by atoms with Crippen LogP contribution in [0.15, 0.2) is 45.9 Å². The number of hydrogen-bond acceptors (Lipinski definition) is 8. The second-order valence-electron chi connectivity index (χ2n) is 7.53. The van der Waals surface area contributed by atoms with Crippen molar-refractivity contribution in [2.75, 3.05) is 24.3 Å². The number of anilines is 1. The minimum Gasteiger partial charge on any atom is -0.490 e. The molecule has 0 saturated heterocycles. The maximum atomic E-state index is 12.8. The van der Waals surface area contributed by atoms with Crippen molar-refractivity contribution < 1.29 is 19.1 Å². The highest BCUT2D eigenvalue weighted by Crippen LogP contribution is 2.41. The first-order valence-corrected chi connectivity index (χ1v) is 10.9. The van der Waals surface area contributed by atoms with Gasteiger partial charge in [0.25, 0.3) is 5.91 Å². The number of nitrogens with two attached hydrogens (primary N) is 1. The number of amidine groups is 1. The number of nitrogens with zero attached hydrogens (tertiary/aromatic N) is 2. The molecule has 0 unspecified atom stereocenters. The third-order valence-electron chi connectivity index (χ3n) is 5.10. The Bertz CT molecular complexity index is 1140. The molecule has 1 aliphatic heterocycles. The van der Waals surface area contributed by atoms with E-state index < -0.39 is 5.54 Å². The molecule has 0 bridgehead atoms. The first kappa shape index (κ1) is 21.2. The van der Waals surface area contributed by atoms with Gasteiger partial charge in [-0.25, -0.2) is 4.98 Å². The van der Waals surface area contributed by atoms with Gasteiger partial charge in [-0.05, 0) is 50.6 Å². The molecule has 0 radical (unpaired) electrons. The number of nitrogens with one attached hydrogen (secondary N) is 1. The molecule has 0 spiro atoms. The molecule has 3 heterocycles. The van der Waals surface area contributed by atoms with Crippen LogP contribution in [0.2, 0.25) is 0 Å². The Morgan fingerprint density at radius 3 is 2.94 bits per heavy atom. The molecule has 3 aromatic rings. The van der Waals surface area contributed by atoms with Crippen molar-refractivity contribution in [1.29, 1.82) is 0 Å². The fourth-order valence-corrected chi connectivity index (χ4v) is 4.57. The average molecular weight is 441 g/mol. The Morgan fingerprint density at radius 2 is 2.23 bits per heavy atom. The summed E-state index contributed by atoms with van der Waals surface area (Å²) in [6.07, 6.45) is 2.26. The topological polar surface area (TPSA) is 123 Å². The zero-order chi connectivity index (χ0) is 22.0. The third-order valence-corrected chi connectivity index (χ3v) is 5.90. The molecule has 1 aliphatic rings. The highest BCUT2D eigenvalue weighted by molar-refractivity contribution is 8.13. The van der Waals surface area contributed by atoms with Crippen LogP contribution >= 0.6 is 11.8 Å². The average Bonchev–Trinajstić information content (AvgIpc) is 3.11. The fraction of sp³-hybridized carbons (Fsp3) is 0.318. The Labute approximate surface area is 183 Å². The largest absolute Gasteiger partial charge is 0.490 e. The normalized spacial score (nSPS) is 18.6. The molecule has 1 amide bonds. The molecule has 1 aromatic carbocycles. The summed E-state index contributed by atoms with van der Waals surface area (Å²) in [4.78, 5) is 21.6. The molecular formula is C22H24N4O4S. The first-order valence-electron chi connectivity index (χ1n) is 9.92. The van der Waals surface area contributed by atoms with Crippen molar-refractivity contribution in [2.45, 2.75) is 25.8 Å². The van der Waals surface area contributed by atoms with Crippen LogP contribution in [0.4, 0.5) is 5.69 Å². The van der Waals surface area contributed by atoms with E-state index in [9.17, 15) is 4.79 Å². The van der Waals surface area contributed by atoms with Crippen LogP contribution < -0.4 is 15.8 Å². The van der Waals surface area contributed by atoms with E-state index in [4.69, 9.17) is 25.0 Å². The summed E-state index contributed by atoms with van der Waals surface area (Å²) in [6, 6.07) is 8.93. The summed E-state index contributed by atoms with van der Waals surface area (Å²) in [5.41, 5.74) is 8.00. The number of thioether (sulfide) groups is 1. The van der Waals surface area contributed by atoms with Gasteiger partial charge in [-0.1, -0.05) is 11.8 Å².